The Bertz CT molecular complexity index is 1270. The van der Waals surface area contributed by atoms with Gasteiger partial charge in [0.25, 0.3) is 0 Å². The Balaban J connectivity index is 1.19. The highest BCUT2D eigenvalue weighted by Gasteiger charge is 2.67. The van der Waals surface area contributed by atoms with Crippen LogP contribution in [0, 0.1) is 35.5 Å². The number of carbonyl (C=O) groups excluding carboxylic acids is 4. The largest absolute Gasteiger partial charge is 0.454 e. The van der Waals surface area contributed by atoms with Gasteiger partial charge in [-0.1, -0.05) is 41.4 Å². The smallest absolute Gasteiger partial charge is 0.338 e. The predicted molar refractivity (Wildman–Crippen MR) is 125 cm³/mol. The molecule has 2 saturated carbocycles. The number of halogens is 2. The van der Waals surface area contributed by atoms with Crippen LogP contribution in [-0.4, -0.2) is 30.2 Å². The van der Waals surface area contributed by atoms with Gasteiger partial charge in [0.1, 0.15) is 0 Å². The third kappa shape index (κ3) is 3.23. The number of nitrogens with zero attached hydrogens (tertiary/aromatic N) is 1. The number of imide groups is 1. The number of Topliss-reactive ketones (excluding diaryl/α,β-unsaturated/α-hetero) is 1. The molecule has 3 fully saturated rings. The van der Waals surface area contributed by atoms with Gasteiger partial charge in [0.05, 0.1) is 28.1 Å². The quantitative estimate of drug-likeness (QED) is 0.262. The first kappa shape index (κ1) is 21.6. The molecule has 0 N–H and O–H groups in total. The molecule has 172 valence electrons. The lowest BCUT2D eigenvalue weighted by atomic mass is 9.63. The molecule has 1 saturated heterocycles. The van der Waals surface area contributed by atoms with Gasteiger partial charge in [0.15, 0.2) is 6.61 Å². The molecule has 0 unspecified atom stereocenters. The lowest BCUT2D eigenvalue weighted by molar-refractivity contribution is -0.124. The first-order valence-corrected chi connectivity index (χ1v) is 11.9. The molecule has 2 amide bonds. The number of amides is 2. The van der Waals surface area contributed by atoms with Crippen molar-refractivity contribution >= 4 is 52.5 Å². The van der Waals surface area contributed by atoms with Crippen LogP contribution in [0.25, 0.3) is 0 Å². The number of esters is 1. The fourth-order valence-corrected chi connectivity index (χ4v) is 6.51. The van der Waals surface area contributed by atoms with Crippen molar-refractivity contribution < 1.29 is 23.9 Å². The molecule has 2 bridgehead atoms. The van der Waals surface area contributed by atoms with E-state index in [1.54, 1.807) is 12.1 Å². The zero-order valence-corrected chi connectivity index (χ0v) is 19.3. The third-order valence-electron chi connectivity index (χ3n) is 7.57. The van der Waals surface area contributed by atoms with Crippen LogP contribution in [-0.2, 0) is 14.3 Å². The number of allylic oxidation sites excluding steroid dienone is 2. The number of rotatable bonds is 5. The minimum absolute atomic E-state index is 0.125. The van der Waals surface area contributed by atoms with Gasteiger partial charge in [-0.05, 0) is 66.5 Å². The molecule has 6 atom stereocenters. The Morgan fingerprint density at radius 2 is 1.62 bits per heavy atom. The molecule has 2 aromatic rings. The van der Waals surface area contributed by atoms with Gasteiger partial charge in [-0.3, -0.25) is 14.4 Å². The summed E-state index contributed by atoms with van der Waals surface area (Å²) in [6.07, 6.45) is 5.33. The van der Waals surface area contributed by atoms with Crippen molar-refractivity contribution in [3.05, 3.63) is 75.8 Å². The van der Waals surface area contributed by atoms with Gasteiger partial charge in [-0.15, -0.1) is 0 Å². The SMILES string of the molecule is O=C(OCC(=O)c1ccc(Cl)cc1Cl)c1cccc(N2C(=O)[C@@H]3[C@H]4C=C[C@@H]([C@@H]5C[C@H]45)[C@@H]3C2=O)c1. The van der Waals surface area contributed by atoms with Crippen LogP contribution in [0.15, 0.2) is 54.6 Å². The van der Waals surface area contributed by atoms with Crippen molar-refractivity contribution in [3.63, 3.8) is 0 Å². The van der Waals surface area contributed by atoms with Crippen molar-refractivity contribution in [3.8, 4) is 0 Å². The van der Waals surface area contributed by atoms with E-state index in [9.17, 15) is 19.2 Å². The highest BCUT2D eigenvalue weighted by Crippen LogP contribution is 2.65. The second-order valence-electron chi connectivity index (χ2n) is 9.34. The van der Waals surface area contributed by atoms with E-state index in [4.69, 9.17) is 27.9 Å². The Labute approximate surface area is 205 Å². The number of carbonyl (C=O) groups is 4. The maximum atomic E-state index is 13.3. The van der Waals surface area contributed by atoms with E-state index in [-0.39, 0.29) is 51.6 Å². The topological polar surface area (TPSA) is 80.8 Å². The third-order valence-corrected chi connectivity index (χ3v) is 8.12. The lowest BCUT2D eigenvalue weighted by Gasteiger charge is -2.37. The molecule has 6 nitrogen and oxygen atoms in total. The van der Waals surface area contributed by atoms with Crippen molar-refractivity contribution in [2.24, 2.45) is 35.5 Å². The van der Waals surface area contributed by atoms with E-state index in [2.05, 4.69) is 12.2 Å². The summed E-state index contributed by atoms with van der Waals surface area (Å²) in [6.45, 7) is -0.506. The zero-order chi connectivity index (χ0) is 23.7. The van der Waals surface area contributed by atoms with Crippen LogP contribution >= 0.6 is 23.2 Å². The average molecular weight is 496 g/mol. The number of ether oxygens (including phenoxy) is 1. The molecule has 1 heterocycles. The van der Waals surface area contributed by atoms with Crippen LogP contribution in [0.4, 0.5) is 5.69 Å². The number of benzene rings is 2. The van der Waals surface area contributed by atoms with E-state index in [0.717, 1.165) is 6.42 Å². The maximum Gasteiger partial charge on any atom is 0.338 e. The Hall–Kier alpha value is -2.96. The number of hydrogen-bond acceptors (Lipinski definition) is 5. The van der Waals surface area contributed by atoms with E-state index >= 15 is 0 Å². The van der Waals surface area contributed by atoms with Crippen molar-refractivity contribution in [1.29, 1.82) is 0 Å². The molecule has 8 heteroatoms. The van der Waals surface area contributed by atoms with Gasteiger partial charge in [-0.25, -0.2) is 9.69 Å². The summed E-state index contributed by atoms with van der Waals surface area (Å²) >= 11 is 11.9. The molecule has 34 heavy (non-hydrogen) atoms. The first-order valence-electron chi connectivity index (χ1n) is 11.2. The van der Waals surface area contributed by atoms with Gasteiger partial charge in [0, 0.05) is 10.6 Å². The molecule has 4 aliphatic carbocycles. The van der Waals surface area contributed by atoms with Gasteiger partial charge in [0.2, 0.25) is 17.6 Å². The average Bonchev–Trinajstić information content (AvgIpc) is 3.60. The van der Waals surface area contributed by atoms with Crippen molar-refractivity contribution in [1.82, 2.24) is 0 Å². The number of ketones is 1. The zero-order valence-electron chi connectivity index (χ0n) is 17.8. The minimum Gasteiger partial charge on any atom is -0.454 e. The standard InChI is InChI=1S/C26H19Cl2NO5/c27-13-4-5-17(20(28)9-13)21(30)11-34-26(33)12-2-1-3-14(8-12)29-24(31)22-15-6-7-16(19-10-18(15)19)23(22)25(29)32/h1-9,15-16,18-19,22-23H,10-11H2/t15-,16-,18-,19+,22-,23+/m0/s1. The minimum atomic E-state index is -0.736. The van der Waals surface area contributed by atoms with Gasteiger partial charge >= 0.3 is 5.97 Å². The molecule has 0 spiro atoms. The summed E-state index contributed by atoms with van der Waals surface area (Å²) in [6, 6.07) is 10.6. The Morgan fingerprint density at radius 1 is 0.941 bits per heavy atom. The van der Waals surface area contributed by atoms with Crippen LogP contribution < -0.4 is 4.90 Å². The van der Waals surface area contributed by atoms with Gasteiger partial charge < -0.3 is 4.74 Å². The van der Waals surface area contributed by atoms with E-state index in [1.165, 1.54) is 35.2 Å². The molecular formula is C26H19Cl2NO5. The number of anilines is 1. The van der Waals surface area contributed by atoms with E-state index in [1.807, 2.05) is 0 Å². The summed E-state index contributed by atoms with van der Waals surface area (Å²) in [5.41, 5.74) is 0.690. The Morgan fingerprint density at radius 3 is 2.26 bits per heavy atom. The molecule has 0 aromatic heterocycles. The first-order chi connectivity index (χ1) is 16.3. The lowest BCUT2D eigenvalue weighted by Crippen LogP contribution is -2.40. The summed E-state index contributed by atoms with van der Waals surface area (Å²) < 4.78 is 5.18. The predicted octanol–water partition coefficient (Wildman–Crippen LogP) is 4.59. The summed E-state index contributed by atoms with van der Waals surface area (Å²) in [7, 11) is 0. The van der Waals surface area contributed by atoms with Crippen molar-refractivity contribution in [2.45, 2.75) is 6.42 Å². The highest BCUT2D eigenvalue weighted by molar-refractivity contribution is 6.36. The number of hydrogen-bond donors (Lipinski definition) is 0. The highest BCUT2D eigenvalue weighted by atomic mass is 35.5. The molecule has 5 aliphatic rings. The summed E-state index contributed by atoms with van der Waals surface area (Å²) in [4.78, 5) is 52.9. The monoisotopic (exact) mass is 495 g/mol. The normalized spacial score (nSPS) is 30.2. The summed E-state index contributed by atoms with van der Waals surface area (Å²) in [5, 5.41) is 0.561. The Kier molecular flexibility index (Phi) is 4.94. The van der Waals surface area contributed by atoms with E-state index in [0.29, 0.717) is 22.5 Å². The fourth-order valence-electron chi connectivity index (χ4n) is 5.99. The molecular weight excluding hydrogens is 477 g/mol. The van der Waals surface area contributed by atoms with Gasteiger partial charge in [-0.2, -0.15) is 0 Å². The van der Waals surface area contributed by atoms with Crippen LogP contribution in [0.3, 0.4) is 0 Å². The fraction of sp³-hybridized carbons (Fsp3) is 0.308. The van der Waals surface area contributed by atoms with E-state index < -0.39 is 18.4 Å². The summed E-state index contributed by atoms with van der Waals surface area (Å²) in [5.74, 6) is -0.952. The second-order valence-corrected chi connectivity index (χ2v) is 10.2. The second kappa shape index (κ2) is 7.79. The van der Waals surface area contributed by atoms with Crippen molar-refractivity contribution in [2.75, 3.05) is 11.5 Å². The molecule has 1 aliphatic heterocycles. The molecule has 0 radical (unpaired) electrons. The maximum absolute atomic E-state index is 13.3. The molecule has 2 aromatic carbocycles. The van der Waals surface area contributed by atoms with Crippen LogP contribution in [0.2, 0.25) is 10.0 Å². The van der Waals surface area contributed by atoms with Crippen LogP contribution in [0.5, 0.6) is 0 Å². The van der Waals surface area contributed by atoms with Crippen LogP contribution in [0.1, 0.15) is 27.1 Å². The molecule has 7 rings (SSSR count).